The van der Waals surface area contributed by atoms with Gasteiger partial charge in [-0.05, 0) is 83.5 Å². The van der Waals surface area contributed by atoms with Gasteiger partial charge in [-0.25, -0.2) is 4.79 Å². The Morgan fingerprint density at radius 1 is 1.06 bits per heavy atom. The van der Waals surface area contributed by atoms with Crippen molar-refractivity contribution in [2.75, 3.05) is 13.1 Å². The van der Waals surface area contributed by atoms with Gasteiger partial charge in [0, 0.05) is 42.3 Å². The van der Waals surface area contributed by atoms with Crippen LogP contribution in [0.1, 0.15) is 93.4 Å². The van der Waals surface area contributed by atoms with E-state index in [4.69, 9.17) is 14.2 Å². The third-order valence-electron chi connectivity index (χ3n) is 15.5. The van der Waals surface area contributed by atoms with E-state index in [0.717, 1.165) is 26.3 Å². The summed E-state index contributed by atoms with van der Waals surface area (Å²) in [5.74, 6) is -7.78. The Morgan fingerprint density at radius 2 is 1.74 bits per heavy atom. The average molecular weight is 710 g/mol. The van der Waals surface area contributed by atoms with Gasteiger partial charge in [0.2, 0.25) is 5.79 Å². The normalized spacial score (nSPS) is 54.6. The second-order valence-electron chi connectivity index (χ2n) is 18.2. The zero-order valence-corrected chi connectivity index (χ0v) is 30.5. The number of hydrogen-bond acceptors (Lipinski definition) is 13. The monoisotopic (exact) mass is 709 g/mol. The van der Waals surface area contributed by atoms with Gasteiger partial charge in [-0.1, -0.05) is 27.7 Å². The molecule has 13 nitrogen and oxygen atoms in total. The molecule has 7 fully saturated rings. The molecule has 4 saturated carbocycles. The molecular formula is C37H59NO12. The zero-order valence-electron chi connectivity index (χ0n) is 30.5. The number of nitrogens with zero attached hydrogens (tertiary/aromatic N) is 1. The van der Waals surface area contributed by atoms with Gasteiger partial charge in [0.15, 0.2) is 17.8 Å². The molecule has 4 aliphatic carbocycles. The Bertz CT molecular complexity index is 1390. The predicted molar refractivity (Wildman–Crippen MR) is 176 cm³/mol. The number of rotatable bonds is 6. The predicted octanol–water partition coefficient (Wildman–Crippen LogP) is 0.466. The van der Waals surface area contributed by atoms with Crippen LogP contribution in [0.5, 0.6) is 0 Å². The van der Waals surface area contributed by atoms with Crippen LogP contribution in [0.25, 0.3) is 0 Å². The highest BCUT2D eigenvalue weighted by atomic mass is 16.7. The minimum atomic E-state index is -2.25. The van der Waals surface area contributed by atoms with E-state index in [1.54, 1.807) is 13.8 Å². The second-order valence-corrected chi connectivity index (χ2v) is 18.2. The van der Waals surface area contributed by atoms with Crippen LogP contribution in [-0.4, -0.2) is 130 Å². The van der Waals surface area contributed by atoms with Gasteiger partial charge in [-0.3, -0.25) is 9.69 Å². The Labute approximate surface area is 294 Å². The number of piperidine rings is 2. The summed E-state index contributed by atoms with van der Waals surface area (Å²) in [6, 6.07) is -0.238. The van der Waals surface area contributed by atoms with Gasteiger partial charge in [-0.15, -0.1) is 0 Å². The standard InChI is InChI=1S/C37H59NO12/c1-8-18(3)30(42)49-29-27(41)26-20(16-38-15-17(2)9-10-24(38)34(26,7)45)21-14-35-28(36(21,29)46)22(40)13-23-32(35,5)12-11-25(37(23,47)50-35)48-31(43)33(6,44)19(4)39/h17-29,39-41,44-47H,8-16H2,1-7H3/t17-,18+,19-,20-,21-,22+,23-,24-,25-,26+,27+,28+,29-,32-,33-,34+,35+,36-,37+/m0/s1. The van der Waals surface area contributed by atoms with Crippen molar-refractivity contribution < 1.29 is 59.5 Å². The molecule has 0 unspecified atom stereocenters. The van der Waals surface area contributed by atoms with Crippen LogP contribution in [0.2, 0.25) is 0 Å². The van der Waals surface area contributed by atoms with Crippen molar-refractivity contribution in [1.82, 2.24) is 4.90 Å². The smallest absolute Gasteiger partial charge is 0.341 e. The lowest BCUT2D eigenvalue weighted by atomic mass is 9.49. The summed E-state index contributed by atoms with van der Waals surface area (Å²) in [4.78, 5) is 28.9. The molecule has 7 rings (SSSR count). The van der Waals surface area contributed by atoms with Crippen LogP contribution in [0.15, 0.2) is 0 Å². The highest BCUT2D eigenvalue weighted by Crippen LogP contribution is 2.77. The van der Waals surface area contributed by atoms with Gasteiger partial charge in [0.05, 0.1) is 35.4 Å². The van der Waals surface area contributed by atoms with Crippen LogP contribution in [0, 0.1) is 46.8 Å². The van der Waals surface area contributed by atoms with Crippen molar-refractivity contribution in [2.24, 2.45) is 46.8 Å². The molecular weight excluding hydrogens is 650 g/mol. The molecule has 4 bridgehead atoms. The number of esters is 2. The molecule has 3 saturated heterocycles. The first-order valence-electron chi connectivity index (χ1n) is 18.9. The van der Waals surface area contributed by atoms with Crippen LogP contribution >= 0.6 is 0 Å². The Hall–Kier alpha value is -1.42. The molecule has 19 atom stereocenters. The van der Waals surface area contributed by atoms with E-state index in [9.17, 15) is 45.3 Å². The zero-order chi connectivity index (χ0) is 36.7. The number of hydrogen-bond donors (Lipinski definition) is 7. The molecule has 13 heteroatoms. The van der Waals surface area contributed by atoms with Crippen LogP contribution < -0.4 is 0 Å². The van der Waals surface area contributed by atoms with E-state index in [2.05, 4.69) is 11.8 Å². The molecule has 0 aromatic carbocycles. The summed E-state index contributed by atoms with van der Waals surface area (Å²) < 4.78 is 18.7. The highest BCUT2D eigenvalue weighted by molar-refractivity contribution is 5.79. The number of carbonyl (C=O) groups is 2. The fourth-order valence-electron chi connectivity index (χ4n) is 12.5. The second kappa shape index (κ2) is 11.5. The third kappa shape index (κ3) is 4.57. The molecule has 0 amide bonds. The van der Waals surface area contributed by atoms with Gasteiger partial charge in [-0.2, -0.15) is 0 Å². The molecule has 0 aromatic rings. The van der Waals surface area contributed by atoms with E-state index < -0.39 is 112 Å². The minimum absolute atomic E-state index is 0.0328. The molecule has 7 aliphatic rings. The summed E-state index contributed by atoms with van der Waals surface area (Å²) >= 11 is 0. The maximum atomic E-state index is 13.5. The highest BCUT2D eigenvalue weighted by Gasteiger charge is 2.87. The van der Waals surface area contributed by atoms with Gasteiger partial charge in [0.25, 0.3) is 0 Å². The van der Waals surface area contributed by atoms with Crippen molar-refractivity contribution in [3.63, 3.8) is 0 Å². The third-order valence-corrected chi connectivity index (χ3v) is 15.5. The minimum Gasteiger partial charge on any atom is -0.456 e. The first-order chi connectivity index (χ1) is 23.1. The topological polar surface area (TPSA) is 207 Å². The van der Waals surface area contributed by atoms with Gasteiger partial charge >= 0.3 is 11.9 Å². The first kappa shape index (κ1) is 36.9. The van der Waals surface area contributed by atoms with Crippen molar-refractivity contribution >= 4 is 11.9 Å². The lowest BCUT2D eigenvalue weighted by Gasteiger charge is -2.64. The van der Waals surface area contributed by atoms with Crippen LogP contribution in [-0.2, 0) is 23.8 Å². The van der Waals surface area contributed by atoms with Gasteiger partial charge in [0.1, 0.15) is 5.60 Å². The quantitative estimate of drug-likeness (QED) is 0.188. The van der Waals surface area contributed by atoms with E-state index in [1.807, 2.05) is 13.8 Å². The lowest BCUT2D eigenvalue weighted by molar-refractivity contribution is -0.300. The summed E-state index contributed by atoms with van der Waals surface area (Å²) in [5.41, 5.74) is -7.89. The first-order valence-corrected chi connectivity index (χ1v) is 18.9. The molecule has 7 N–H and O–H groups in total. The van der Waals surface area contributed by atoms with Crippen molar-refractivity contribution in [3.05, 3.63) is 0 Å². The summed E-state index contributed by atoms with van der Waals surface area (Å²) in [7, 11) is 0. The van der Waals surface area contributed by atoms with Crippen molar-refractivity contribution in [3.8, 4) is 0 Å². The SMILES string of the molecule is CC[C@@H](C)C(=O)O[C@H]1[C@H](O)[C@H]2[C@@H](CN3C[C@@H](C)CC[C@H]3[C@@]2(C)O)[C@@H]2C[C@]34O[C@@]5(O)[C@@H](OC(=O)[C@@](C)(O)[C@H](C)O)CC[C@@]3(C)[C@@H]5C[C@@H](O)[C@H]4[C@@]21O. The number of fused-ring (bicyclic) bond motifs is 5. The van der Waals surface area contributed by atoms with Crippen molar-refractivity contribution in [2.45, 2.75) is 158 Å². The molecule has 284 valence electrons. The Kier molecular flexibility index (Phi) is 8.52. The molecule has 0 radical (unpaired) electrons. The largest absolute Gasteiger partial charge is 0.456 e. The Morgan fingerprint density at radius 3 is 2.38 bits per heavy atom. The summed E-state index contributed by atoms with van der Waals surface area (Å²) in [6.07, 6.45) is -4.15. The van der Waals surface area contributed by atoms with E-state index in [1.165, 1.54) is 6.92 Å². The number of aliphatic hydroxyl groups is 7. The van der Waals surface area contributed by atoms with E-state index in [0.29, 0.717) is 25.3 Å². The lowest BCUT2D eigenvalue weighted by Crippen LogP contribution is -2.77. The van der Waals surface area contributed by atoms with Gasteiger partial charge < -0.3 is 50.0 Å². The fourth-order valence-corrected chi connectivity index (χ4v) is 12.5. The van der Waals surface area contributed by atoms with E-state index in [-0.39, 0.29) is 25.3 Å². The molecule has 3 heterocycles. The van der Waals surface area contributed by atoms with E-state index >= 15 is 0 Å². The number of carbonyl (C=O) groups excluding carboxylic acids is 2. The molecule has 3 aliphatic heterocycles. The van der Waals surface area contributed by atoms with Crippen LogP contribution in [0.3, 0.4) is 0 Å². The average Bonchev–Trinajstić information content (AvgIpc) is 3.31. The maximum Gasteiger partial charge on any atom is 0.341 e. The number of ether oxygens (including phenoxy) is 3. The summed E-state index contributed by atoms with van der Waals surface area (Å²) in [5, 5.41) is 83.5. The summed E-state index contributed by atoms with van der Waals surface area (Å²) in [6.45, 7) is 13.1. The van der Waals surface area contributed by atoms with Crippen LogP contribution in [0.4, 0.5) is 0 Å². The molecule has 0 aromatic heterocycles. The van der Waals surface area contributed by atoms with Crippen molar-refractivity contribution in [1.29, 1.82) is 0 Å². The molecule has 50 heavy (non-hydrogen) atoms. The Balaban J connectivity index is 1.34. The fraction of sp³-hybridized carbons (Fsp3) is 0.946. The number of aliphatic hydroxyl groups excluding tert-OH is 3. The molecule has 1 spiro atoms. The maximum absolute atomic E-state index is 13.5.